The topological polar surface area (TPSA) is 69.7 Å². The van der Waals surface area contributed by atoms with E-state index in [1.807, 2.05) is 32.9 Å². The summed E-state index contributed by atoms with van der Waals surface area (Å²) in [6, 6.07) is 18.6. The van der Waals surface area contributed by atoms with Crippen LogP contribution in [0.15, 0.2) is 66.7 Å². The van der Waals surface area contributed by atoms with Gasteiger partial charge in [0.1, 0.15) is 0 Å². The van der Waals surface area contributed by atoms with Gasteiger partial charge >= 0.3 is 11.9 Å². The van der Waals surface area contributed by atoms with Crippen molar-refractivity contribution in [3.63, 3.8) is 0 Å². The summed E-state index contributed by atoms with van der Waals surface area (Å²) in [5, 5.41) is 0. The molecule has 0 aliphatic heterocycles. The Labute approximate surface area is 168 Å². The fraction of sp³-hybridized carbons (Fsp3) is 0.125. The molecule has 0 bridgehead atoms. The smallest absolute Gasteiger partial charge is 0.289 e. The van der Waals surface area contributed by atoms with Gasteiger partial charge in [-0.15, -0.1) is 0 Å². The van der Waals surface area contributed by atoms with E-state index >= 15 is 0 Å². The number of benzene rings is 3. The molecule has 0 amide bonds. The number of carbonyl (C=O) groups excluding carboxylic acids is 3. The summed E-state index contributed by atoms with van der Waals surface area (Å²) >= 11 is 0. The number of carbonyl (C=O) groups is 3. The monoisotopic (exact) mass is 388 g/mol. The highest BCUT2D eigenvalue weighted by atomic mass is 17.2. The largest absolute Gasteiger partial charge is 0.387 e. The van der Waals surface area contributed by atoms with Crippen LogP contribution in [0.3, 0.4) is 0 Å². The number of aryl methyl sites for hydroxylation is 3. The van der Waals surface area contributed by atoms with Crippen molar-refractivity contribution in [2.75, 3.05) is 0 Å². The van der Waals surface area contributed by atoms with Crippen LogP contribution in [-0.2, 0) is 9.78 Å². The summed E-state index contributed by atoms with van der Waals surface area (Å²) in [7, 11) is 0. The Morgan fingerprint density at radius 2 is 1.24 bits per heavy atom. The summed E-state index contributed by atoms with van der Waals surface area (Å²) in [4.78, 5) is 47.0. The predicted octanol–water partition coefficient (Wildman–Crippen LogP) is 4.77. The van der Waals surface area contributed by atoms with Gasteiger partial charge in [0.15, 0.2) is 5.78 Å². The van der Waals surface area contributed by atoms with Gasteiger partial charge in [0.05, 0.1) is 11.1 Å². The molecule has 0 saturated heterocycles. The van der Waals surface area contributed by atoms with Crippen LogP contribution in [0.2, 0.25) is 0 Å². The lowest BCUT2D eigenvalue weighted by Gasteiger charge is -2.10. The van der Waals surface area contributed by atoms with Crippen molar-refractivity contribution in [3.8, 4) is 0 Å². The molecule has 5 heteroatoms. The zero-order valence-electron chi connectivity index (χ0n) is 16.4. The minimum absolute atomic E-state index is 0.0283. The van der Waals surface area contributed by atoms with E-state index in [0.717, 1.165) is 16.7 Å². The van der Waals surface area contributed by atoms with Gasteiger partial charge in [-0.3, -0.25) is 4.79 Å². The Morgan fingerprint density at radius 1 is 0.621 bits per heavy atom. The van der Waals surface area contributed by atoms with Gasteiger partial charge in [-0.2, -0.15) is 0 Å². The van der Waals surface area contributed by atoms with E-state index in [2.05, 4.69) is 4.89 Å². The summed E-state index contributed by atoms with van der Waals surface area (Å²) in [5.41, 5.74) is 3.56. The molecule has 0 unspecified atom stereocenters. The molecule has 0 aliphatic rings. The molecule has 5 nitrogen and oxygen atoms in total. The van der Waals surface area contributed by atoms with Gasteiger partial charge in [-0.05, 0) is 50.6 Å². The minimum Gasteiger partial charge on any atom is -0.289 e. The van der Waals surface area contributed by atoms with Gasteiger partial charge in [-0.1, -0.05) is 53.6 Å². The van der Waals surface area contributed by atoms with Crippen LogP contribution in [0.4, 0.5) is 0 Å². The highest BCUT2D eigenvalue weighted by Gasteiger charge is 2.23. The fourth-order valence-electron chi connectivity index (χ4n) is 2.86. The Bertz CT molecular complexity index is 1080. The van der Waals surface area contributed by atoms with E-state index in [-0.39, 0.29) is 22.5 Å². The van der Waals surface area contributed by atoms with Gasteiger partial charge in [0.2, 0.25) is 0 Å². The molecule has 0 N–H and O–H groups in total. The lowest BCUT2D eigenvalue weighted by molar-refractivity contribution is -0.187. The van der Waals surface area contributed by atoms with Crippen LogP contribution in [-0.4, -0.2) is 17.7 Å². The Kier molecular flexibility index (Phi) is 5.88. The summed E-state index contributed by atoms with van der Waals surface area (Å²) < 4.78 is 0. The van der Waals surface area contributed by atoms with Crippen molar-refractivity contribution in [3.05, 3.63) is 106 Å². The molecule has 0 heterocycles. The molecule has 146 valence electrons. The maximum atomic E-state index is 13.0. The van der Waals surface area contributed by atoms with E-state index in [9.17, 15) is 14.4 Å². The predicted molar refractivity (Wildman–Crippen MR) is 108 cm³/mol. The molecular formula is C24H20O5. The van der Waals surface area contributed by atoms with Crippen LogP contribution >= 0.6 is 0 Å². The molecule has 0 radical (unpaired) electrons. The van der Waals surface area contributed by atoms with Crippen molar-refractivity contribution < 1.29 is 24.2 Å². The first kappa shape index (κ1) is 20.0. The molecule has 3 aromatic carbocycles. The van der Waals surface area contributed by atoms with E-state index in [0.29, 0.717) is 5.56 Å². The average molecular weight is 388 g/mol. The van der Waals surface area contributed by atoms with E-state index in [1.54, 1.807) is 48.5 Å². The zero-order chi connectivity index (χ0) is 21.0. The van der Waals surface area contributed by atoms with Gasteiger partial charge in [0, 0.05) is 11.1 Å². The van der Waals surface area contributed by atoms with Crippen LogP contribution < -0.4 is 0 Å². The first-order chi connectivity index (χ1) is 13.9. The number of rotatable bonds is 4. The fourth-order valence-corrected chi connectivity index (χ4v) is 2.86. The second kappa shape index (κ2) is 8.52. The molecule has 29 heavy (non-hydrogen) atoms. The molecule has 0 aliphatic carbocycles. The second-order valence-electron chi connectivity index (χ2n) is 6.80. The SMILES string of the molecule is Cc1ccc(C(=O)OOC(=O)c2ccc(C)cc2C(=O)c2ccccc2C)cc1. The molecule has 3 rings (SSSR count). The van der Waals surface area contributed by atoms with E-state index in [1.165, 1.54) is 6.07 Å². The van der Waals surface area contributed by atoms with Gasteiger partial charge in [0.25, 0.3) is 0 Å². The van der Waals surface area contributed by atoms with E-state index < -0.39 is 11.9 Å². The van der Waals surface area contributed by atoms with Crippen molar-refractivity contribution in [1.29, 1.82) is 0 Å². The molecule has 3 aromatic rings. The Hall–Kier alpha value is -3.73. The van der Waals surface area contributed by atoms with Crippen LogP contribution in [0.25, 0.3) is 0 Å². The van der Waals surface area contributed by atoms with Crippen LogP contribution in [0, 0.1) is 20.8 Å². The lowest BCUT2D eigenvalue weighted by Crippen LogP contribution is -2.16. The second-order valence-corrected chi connectivity index (χ2v) is 6.80. The third kappa shape index (κ3) is 4.58. The van der Waals surface area contributed by atoms with E-state index in [4.69, 9.17) is 4.89 Å². The van der Waals surface area contributed by atoms with Gasteiger partial charge < -0.3 is 0 Å². The van der Waals surface area contributed by atoms with Crippen LogP contribution in [0.5, 0.6) is 0 Å². The van der Waals surface area contributed by atoms with Crippen LogP contribution in [0.1, 0.15) is 53.3 Å². The van der Waals surface area contributed by atoms with Crippen molar-refractivity contribution in [2.45, 2.75) is 20.8 Å². The molecular weight excluding hydrogens is 368 g/mol. The minimum atomic E-state index is -0.914. The standard InChI is InChI=1S/C24H20O5/c1-15-8-11-18(12-9-15)23(26)28-29-24(27)20-13-10-16(2)14-21(20)22(25)19-7-5-4-6-17(19)3/h4-14H,1-3H3. The van der Waals surface area contributed by atoms with Gasteiger partial charge in [-0.25, -0.2) is 19.4 Å². The normalized spacial score (nSPS) is 10.3. The first-order valence-electron chi connectivity index (χ1n) is 9.07. The highest BCUT2D eigenvalue weighted by Crippen LogP contribution is 2.20. The summed E-state index contributed by atoms with van der Waals surface area (Å²) in [5.74, 6) is -2.01. The third-order valence-electron chi connectivity index (χ3n) is 4.51. The number of hydrogen-bond acceptors (Lipinski definition) is 5. The number of ketones is 1. The molecule has 0 aromatic heterocycles. The quantitative estimate of drug-likeness (QED) is 0.366. The van der Waals surface area contributed by atoms with Crippen molar-refractivity contribution >= 4 is 17.7 Å². The first-order valence-corrected chi connectivity index (χ1v) is 9.07. The van der Waals surface area contributed by atoms with Crippen molar-refractivity contribution in [2.24, 2.45) is 0 Å². The molecule has 0 fully saturated rings. The zero-order valence-corrected chi connectivity index (χ0v) is 16.4. The van der Waals surface area contributed by atoms with Crippen molar-refractivity contribution in [1.82, 2.24) is 0 Å². The summed E-state index contributed by atoms with van der Waals surface area (Å²) in [6.07, 6.45) is 0. The molecule has 0 saturated carbocycles. The maximum Gasteiger partial charge on any atom is 0.387 e. The Balaban J connectivity index is 1.82. The summed E-state index contributed by atoms with van der Waals surface area (Å²) in [6.45, 7) is 5.53. The highest BCUT2D eigenvalue weighted by molar-refractivity contribution is 6.15. The molecule has 0 spiro atoms. The Morgan fingerprint density at radius 3 is 1.93 bits per heavy atom. The third-order valence-corrected chi connectivity index (χ3v) is 4.51. The lowest BCUT2D eigenvalue weighted by atomic mass is 9.94. The maximum absolute atomic E-state index is 13.0. The molecule has 0 atom stereocenters. The number of hydrogen-bond donors (Lipinski definition) is 0. The average Bonchev–Trinajstić information content (AvgIpc) is 2.72.